The van der Waals surface area contributed by atoms with Gasteiger partial charge >= 0.3 is 5.97 Å². The minimum atomic E-state index is -1.27. The molecular formula is C23H23Cl2FN2O3. The summed E-state index contributed by atoms with van der Waals surface area (Å²) in [6.07, 6.45) is 0.520. The van der Waals surface area contributed by atoms with Gasteiger partial charge in [0.1, 0.15) is 17.3 Å². The number of hydrogen-bond donors (Lipinski definition) is 3. The zero-order valence-corrected chi connectivity index (χ0v) is 18.8. The minimum absolute atomic E-state index is 0.142. The van der Waals surface area contributed by atoms with Crippen LogP contribution in [0, 0.1) is 11.2 Å². The highest BCUT2D eigenvalue weighted by Crippen LogP contribution is 2.56. The summed E-state index contributed by atoms with van der Waals surface area (Å²) in [5.74, 6) is -2.92. The van der Waals surface area contributed by atoms with E-state index < -0.39 is 35.2 Å². The summed E-state index contributed by atoms with van der Waals surface area (Å²) in [7, 11) is 0. The third kappa shape index (κ3) is 3.60. The smallest absolute Gasteiger partial charge is 0.321 e. The molecule has 31 heavy (non-hydrogen) atoms. The molecule has 2 aromatic rings. The summed E-state index contributed by atoms with van der Waals surface area (Å²) < 4.78 is 14.3. The molecule has 2 aliphatic heterocycles. The monoisotopic (exact) mass is 464 g/mol. The van der Waals surface area contributed by atoms with Crippen molar-refractivity contribution in [3.63, 3.8) is 0 Å². The van der Waals surface area contributed by atoms with Crippen LogP contribution in [0.25, 0.3) is 0 Å². The molecule has 0 saturated carbocycles. The van der Waals surface area contributed by atoms with Gasteiger partial charge in [0.05, 0.1) is 0 Å². The summed E-state index contributed by atoms with van der Waals surface area (Å²) in [6.45, 7) is 6.08. The van der Waals surface area contributed by atoms with Gasteiger partial charge in [0, 0.05) is 27.7 Å². The molecule has 4 unspecified atom stereocenters. The number of benzene rings is 2. The molecule has 1 saturated heterocycles. The lowest BCUT2D eigenvalue weighted by Crippen LogP contribution is -2.49. The first-order valence-electron chi connectivity index (χ1n) is 10.00. The van der Waals surface area contributed by atoms with E-state index in [4.69, 9.17) is 23.2 Å². The van der Waals surface area contributed by atoms with Crippen LogP contribution >= 0.6 is 23.2 Å². The second kappa shape index (κ2) is 7.47. The number of carbonyl (C=O) groups is 2. The third-order valence-corrected chi connectivity index (χ3v) is 6.59. The van der Waals surface area contributed by atoms with Gasteiger partial charge in [0.2, 0.25) is 5.91 Å². The van der Waals surface area contributed by atoms with E-state index >= 15 is 0 Å². The molecule has 5 nitrogen and oxygen atoms in total. The number of carboxylic acid groups (broad SMARTS) is 1. The maximum atomic E-state index is 14.3. The minimum Gasteiger partial charge on any atom is -0.480 e. The average molecular weight is 465 g/mol. The fraction of sp³-hybridized carbons (Fsp3) is 0.391. The molecular weight excluding hydrogens is 442 g/mol. The number of nitrogens with one attached hydrogen (secondary N) is 2. The quantitative estimate of drug-likeness (QED) is 0.599. The van der Waals surface area contributed by atoms with Crippen LogP contribution in [0.3, 0.4) is 0 Å². The van der Waals surface area contributed by atoms with Crippen LogP contribution < -0.4 is 10.6 Å². The highest BCUT2D eigenvalue weighted by atomic mass is 35.5. The van der Waals surface area contributed by atoms with Gasteiger partial charge in [0.15, 0.2) is 0 Å². The van der Waals surface area contributed by atoms with Crippen molar-refractivity contribution < 1.29 is 19.1 Å². The first-order valence-corrected chi connectivity index (χ1v) is 10.8. The Balaban J connectivity index is 2.02. The predicted octanol–water partition coefficient (Wildman–Crippen LogP) is 4.97. The van der Waals surface area contributed by atoms with Crippen LogP contribution in [0.2, 0.25) is 10.0 Å². The number of fused-ring (bicyclic) bond motifs is 2. The van der Waals surface area contributed by atoms with Crippen LogP contribution in [-0.2, 0) is 15.0 Å². The van der Waals surface area contributed by atoms with Crippen molar-refractivity contribution >= 4 is 40.8 Å². The van der Waals surface area contributed by atoms with Gasteiger partial charge in [-0.25, -0.2) is 4.39 Å². The van der Waals surface area contributed by atoms with Gasteiger partial charge in [-0.1, -0.05) is 50.0 Å². The molecule has 8 heteroatoms. The molecule has 2 aliphatic rings. The fourth-order valence-electron chi connectivity index (χ4n) is 5.16. The van der Waals surface area contributed by atoms with E-state index in [2.05, 4.69) is 10.6 Å². The fourth-order valence-corrected chi connectivity index (χ4v) is 5.57. The summed E-state index contributed by atoms with van der Waals surface area (Å²) in [6, 6.07) is 7.42. The zero-order chi connectivity index (χ0) is 22.7. The molecule has 0 radical (unpaired) electrons. The SMILES string of the molecule is CC(C)(C)CC1NC(C(=O)O)C(c2cc(F)cc(Cl)c2)C12C(=O)Nc1cc(Cl)ccc12. The Hall–Kier alpha value is -2.15. The number of rotatable bonds is 3. The molecule has 3 N–H and O–H groups in total. The van der Waals surface area contributed by atoms with Crippen molar-refractivity contribution in [2.75, 3.05) is 5.32 Å². The largest absolute Gasteiger partial charge is 0.480 e. The summed E-state index contributed by atoms with van der Waals surface area (Å²) >= 11 is 12.3. The number of carboxylic acids is 1. The molecule has 0 aliphatic carbocycles. The summed E-state index contributed by atoms with van der Waals surface area (Å²) in [5, 5.41) is 16.8. The molecule has 164 valence electrons. The standard InChI is InChI=1S/C23H23Cl2FN2O3/c1-22(2,3)10-17-23(15-5-4-12(24)9-16(15)27-21(23)31)18(19(28-17)20(29)30)11-6-13(25)8-14(26)7-11/h4-9,17-19,28H,10H2,1-3H3,(H,27,31)(H,29,30). The van der Waals surface area contributed by atoms with Gasteiger partial charge in [-0.15, -0.1) is 0 Å². The average Bonchev–Trinajstić information content (AvgIpc) is 3.09. The molecule has 4 atom stereocenters. The van der Waals surface area contributed by atoms with Crippen LogP contribution in [0.15, 0.2) is 36.4 Å². The Morgan fingerprint density at radius 2 is 1.87 bits per heavy atom. The Morgan fingerprint density at radius 1 is 1.16 bits per heavy atom. The number of anilines is 1. The van der Waals surface area contributed by atoms with Crippen LogP contribution in [0.5, 0.6) is 0 Å². The van der Waals surface area contributed by atoms with E-state index in [1.165, 1.54) is 12.1 Å². The Morgan fingerprint density at radius 3 is 2.48 bits per heavy atom. The molecule has 2 heterocycles. The van der Waals surface area contributed by atoms with Crippen molar-refractivity contribution in [1.82, 2.24) is 5.32 Å². The molecule has 1 fully saturated rings. The molecule has 1 spiro atoms. The van der Waals surface area contributed by atoms with Gasteiger partial charge in [-0.05, 0) is 53.3 Å². The number of aliphatic carboxylic acids is 1. The van der Waals surface area contributed by atoms with Crippen molar-refractivity contribution in [3.8, 4) is 0 Å². The number of hydrogen-bond acceptors (Lipinski definition) is 3. The lowest BCUT2D eigenvalue weighted by molar-refractivity contribution is -0.139. The first-order chi connectivity index (χ1) is 14.4. The van der Waals surface area contributed by atoms with Gasteiger partial charge in [-0.3, -0.25) is 14.9 Å². The van der Waals surface area contributed by atoms with Crippen molar-refractivity contribution in [2.45, 2.75) is 50.6 Å². The molecule has 0 bridgehead atoms. The van der Waals surface area contributed by atoms with Crippen LogP contribution in [0.4, 0.5) is 10.1 Å². The van der Waals surface area contributed by atoms with E-state index in [1.807, 2.05) is 20.8 Å². The van der Waals surface area contributed by atoms with E-state index in [0.717, 1.165) is 6.07 Å². The molecule has 2 aromatic carbocycles. The number of halogens is 3. The van der Waals surface area contributed by atoms with Crippen molar-refractivity contribution in [3.05, 3.63) is 63.4 Å². The molecule has 0 aromatic heterocycles. The maximum absolute atomic E-state index is 14.3. The highest BCUT2D eigenvalue weighted by Gasteiger charge is 2.65. The lowest BCUT2D eigenvalue weighted by Gasteiger charge is -2.37. The van der Waals surface area contributed by atoms with Gasteiger partial charge < -0.3 is 10.4 Å². The summed E-state index contributed by atoms with van der Waals surface area (Å²) in [5.41, 5.74) is 0.0687. The highest BCUT2D eigenvalue weighted by molar-refractivity contribution is 6.31. The third-order valence-electron chi connectivity index (χ3n) is 6.13. The first kappa shape index (κ1) is 22.1. The second-order valence-electron chi connectivity index (χ2n) is 9.49. The normalized spacial score (nSPS) is 27.4. The Labute approximate surface area is 189 Å². The van der Waals surface area contributed by atoms with Gasteiger partial charge in [0.25, 0.3) is 0 Å². The Bertz CT molecular complexity index is 1060. The summed E-state index contributed by atoms with van der Waals surface area (Å²) in [4.78, 5) is 26.0. The zero-order valence-electron chi connectivity index (χ0n) is 17.3. The lowest BCUT2D eigenvalue weighted by atomic mass is 9.62. The molecule has 1 amide bonds. The van der Waals surface area contributed by atoms with Crippen molar-refractivity contribution in [1.29, 1.82) is 0 Å². The predicted molar refractivity (Wildman–Crippen MR) is 118 cm³/mol. The number of carbonyl (C=O) groups excluding carboxylic acids is 1. The van der Waals surface area contributed by atoms with Crippen LogP contribution in [0.1, 0.15) is 44.2 Å². The Kier molecular flexibility index (Phi) is 5.31. The molecule has 4 rings (SSSR count). The van der Waals surface area contributed by atoms with E-state index in [9.17, 15) is 19.1 Å². The maximum Gasteiger partial charge on any atom is 0.321 e. The van der Waals surface area contributed by atoms with E-state index in [-0.39, 0.29) is 16.3 Å². The van der Waals surface area contributed by atoms with E-state index in [1.54, 1.807) is 18.2 Å². The topological polar surface area (TPSA) is 78.4 Å². The van der Waals surface area contributed by atoms with Crippen LogP contribution in [-0.4, -0.2) is 29.1 Å². The van der Waals surface area contributed by atoms with Crippen molar-refractivity contribution in [2.24, 2.45) is 5.41 Å². The second-order valence-corrected chi connectivity index (χ2v) is 10.4. The van der Waals surface area contributed by atoms with Gasteiger partial charge in [-0.2, -0.15) is 0 Å². The van der Waals surface area contributed by atoms with E-state index in [0.29, 0.717) is 28.3 Å². The number of amides is 1.